The zero-order valence-corrected chi connectivity index (χ0v) is 13.1. The Kier molecular flexibility index (Phi) is 4.65. The second kappa shape index (κ2) is 6.30. The van der Waals surface area contributed by atoms with Crippen molar-refractivity contribution in [3.05, 3.63) is 69.3 Å². The zero-order valence-electron chi connectivity index (χ0n) is 11.5. The van der Waals surface area contributed by atoms with Crippen LogP contribution in [0.1, 0.15) is 11.1 Å². The topological polar surface area (TPSA) is 57.9 Å². The molecule has 0 N–H and O–H groups in total. The Bertz CT molecular complexity index is 861. The fourth-order valence-electron chi connectivity index (χ4n) is 1.79. The molecule has 2 rings (SSSR count). The minimum Gasteiger partial charge on any atom is -0.218 e. The van der Waals surface area contributed by atoms with Crippen LogP contribution in [0, 0.1) is 24.1 Å². The summed E-state index contributed by atoms with van der Waals surface area (Å²) in [5, 5.41) is 9.19. The average Bonchev–Trinajstić information content (AvgIpc) is 2.47. The molecule has 0 amide bonds. The molecule has 2 aromatic rings. The van der Waals surface area contributed by atoms with Crippen LogP contribution in [0.3, 0.4) is 0 Å². The van der Waals surface area contributed by atoms with Crippen molar-refractivity contribution in [1.82, 2.24) is 0 Å². The van der Waals surface area contributed by atoms with E-state index in [0.717, 1.165) is 17.7 Å². The number of halogens is 2. The molecule has 0 spiro atoms. The van der Waals surface area contributed by atoms with Gasteiger partial charge < -0.3 is 0 Å². The van der Waals surface area contributed by atoms with Gasteiger partial charge in [0.15, 0.2) is 0 Å². The van der Waals surface area contributed by atoms with Crippen molar-refractivity contribution in [3.63, 3.8) is 0 Å². The number of hydrogen-bond donors (Lipinski definition) is 0. The molecule has 112 valence electrons. The molecule has 0 saturated carbocycles. The third-order valence-electron chi connectivity index (χ3n) is 3.01. The lowest BCUT2D eigenvalue weighted by Crippen LogP contribution is -2.04. The second-order valence-electron chi connectivity index (χ2n) is 4.57. The van der Waals surface area contributed by atoms with Crippen molar-refractivity contribution in [2.45, 2.75) is 11.8 Å². The molecular formula is C16H11ClFNO2S. The smallest absolute Gasteiger partial charge is 0.216 e. The number of nitriles is 1. The van der Waals surface area contributed by atoms with E-state index >= 15 is 0 Å². The minimum absolute atomic E-state index is 0.0293. The Morgan fingerprint density at radius 1 is 1.23 bits per heavy atom. The van der Waals surface area contributed by atoms with Crippen LogP contribution in [0.25, 0.3) is 6.08 Å². The SMILES string of the molecule is Cc1ccc(S(=O)(=O)/C(C#N)=C/c2c(F)cccc2Cl)cc1. The van der Waals surface area contributed by atoms with E-state index in [9.17, 15) is 12.8 Å². The first-order chi connectivity index (χ1) is 10.4. The number of aryl methyl sites for hydroxylation is 1. The van der Waals surface area contributed by atoms with Crippen molar-refractivity contribution in [3.8, 4) is 6.07 Å². The third-order valence-corrected chi connectivity index (χ3v) is 5.02. The summed E-state index contributed by atoms with van der Waals surface area (Å²) in [4.78, 5) is -0.596. The first-order valence-corrected chi connectivity index (χ1v) is 8.10. The molecule has 3 nitrogen and oxygen atoms in total. The van der Waals surface area contributed by atoms with E-state index in [-0.39, 0.29) is 15.5 Å². The average molecular weight is 336 g/mol. The Balaban J connectivity index is 2.59. The van der Waals surface area contributed by atoms with E-state index in [2.05, 4.69) is 0 Å². The first-order valence-electron chi connectivity index (χ1n) is 6.24. The largest absolute Gasteiger partial charge is 0.218 e. The Morgan fingerprint density at radius 3 is 2.41 bits per heavy atom. The predicted molar refractivity (Wildman–Crippen MR) is 83.4 cm³/mol. The lowest BCUT2D eigenvalue weighted by Gasteiger charge is -2.05. The van der Waals surface area contributed by atoms with Gasteiger partial charge in [-0.1, -0.05) is 35.4 Å². The van der Waals surface area contributed by atoms with Crippen molar-refractivity contribution in [2.75, 3.05) is 0 Å². The summed E-state index contributed by atoms with van der Waals surface area (Å²) < 4.78 is 38.6. The Labute approximate surface area is 133 Å². The van der Waals surface area contributed by atoms with Gasteiger partial charge in [0.1, 0.15) is 16.8 Å². The predicted octanol–water partition coefficient (Wildman–Crippen LogP) is 4.13. The van der Waals surface area contributed by atoms with E-state index < -0.39 is 20.6 Å². The summed E-state index contributed by atoms with van der Waals surface area (Å²) in [5.74, 6) is -0.695. The lowest BCUT2D eigenvalue weighted by molar-refractivity contribution is 0.603. The molecule has 0 aliphatic carbocycles. The number of sulfone groups is 1. The summed E-state index contributed by atoms with van der Waals surface area (Å²) in [6, 6.07) is 11.6. The van der Waals surface area contributed by atoms with Crippen molar-refractivity contribution in [2.24, 2.45) is 0 Å². The highest BCUT2D eigenvalue weighted by atomic mass is 35.5. The zero-order chi connectivity index (χ0) is 16.3. The van der Waals surface area contributed by atoms with Gasteiger partial charge in [-0.05, 0) is 37.3 Å². The maximum Gasteiger partial charge on any atom is 0.216 e. The van der Waals surface area contributed by atoms with Crippen LogP contribution < -0.4 is 0 Å². The van der Waals surface area contributed by atoms with E-state index in [1.54, 1.807) is 18.2 Å². The highest BCUT2D eigenvalue weighted by Gasteiger charge is 2.21. The molecule has 0 bridgehead atoms. The van der Waals surface area contributed by atoms with Crippen LogP contribution >= 0.6 is 11.6 Å². The minimum atomic E-state index is -4.02. The number of rotatable bonds is 3. The summed E-state index contributed by atoms with van der Waals surface area (Å²) >= 11 is 5.86. The third kappa shape index (κ3) is 3.19. The van der Waals surface area contributed by atoms with E-state index in [1.807, 2.05) is 6.92 Å². The monoisotopic (exact) mass is 335 g/mol. The van der Waals surface area contributed by atoms with E-state index in [4.69, 9.17) is 16.9 Å². The number of benzene rings is 2. The van der Waals surface area contributed by atoms with Crippen LogP contribution in [-0.2, 0) is 9.84 Å². The first kappa shape index (κ1) is 16.2. The molecule has 6 heteroatoms. The van der Waals surface area contributed by atoms with Gasteiger partial charge in [0, 0.05) is 5.56 Å². The molecule has 0 unspecified atom stereocenters. The number of nitrogens with zero attached hydrogens (tertiary/aromatic N) is 1. The van der Waals surface area contributed by atoms with E-state index in [0.29, 0.717) is 0 Å². The van der Waals surface area contributed by atoms with Crippen molar-refractivity contribution < 1.29 is 12.8 Å². The normalized spacial score (nSPS) is 12.0. The van der Waals surface area contributed by atoms with Crippen LogP contribution in [-0.4, -0.2) is 8.42 Å². The maximum absolute atomic E-state index is 13.8. The molecule has 0 aliphatic heterocycles. The maximum atomic E-state index is 13.8. The standard InChI is InChI=1S/C16H11ClFNO2S/c1-11-5-7-12(8-6-11)22(20,21)13(10-19)9-14-15(17)3-2-4-16(14)18/h2-9H,1H3/b13-9+. The van der Waals surface area contributed by atoms with Crippen LogP contribution in [0.5, 0.6) is 0 Å². The Hall–Kier alpha value is -2.16. The molecular weight excluding hydrogens is 325 g/mol. The summed E-state index contributed by atoms with van der Waals surface area (Å²) in [7, 11) is -4.02. The molecule has 0 saturated heterocycles. The van der Waals surface area contributed by atoms with Gasteiger partial charge in [-0.2, -0.15) is 5.26 Å². The van der Waals surface area contributed by atoms with Crippen LogP contribution in [0.4, 0.5) is 4.39 Å². The molecule has 0 heterocycles. The molecule has 0 atom stereocenters. The van der Waals surface area contributed by atoms with Gasteiger partial charge >= 0.3 is 0 Å². The van der Waals surface area contributed by atoms with Gasteiger partial charge in [0.2, 0.25) is 9.84 Å². The summed E-state index contributed by atoms with van der Waals surface area (Å²) in [5.41, 5.74) is 0.759. The number of hydrogen-bond acceptors (Lipinski definition) is 3. The van der Waals surface area contributed by atoms with Crippen LogP contribution in [0.2, 0.25) is 5.02 Å². The highest BCUT2D eigenvalue weighted by Crippen LogP contribution is 2.26. The fraction of sp³-hybridized carbons (Fsp3) is 0.0625. The van der Waals surface area contributed by atoms with Crippen LogP contribution in [0.15, 0.2) is 52.3 Å². The molecule has 0 fully saturated rings. The Morgan fingerprint density at radius 2 is 1.86 bits per heavy atom. The van der Waals surface area contributed by atoms with E-state index in [1.165, 1.54) is 24.3 Å². The van der Waals surface area contributed by atoms with Gasteiger partial charge in [-0.15, -0.1) is 0 Å². The van der Waals surface area contributed by atoms with Gasteiger partial charge in [-0.3, -0.25) is 0 Å². The van der Waals surface area contributed by atoms with Gasteiger partial charge in [0.05, 0.1) is 9.92 Å². The molecule has 22 heavy (non-hydrogen) atoms. The van der Waals surface area contributed by atoms with Crippen molar-refractivity contribution >= 4 is 27.5 Å². The van der Waals surface area contributed by atoms with Gasteiger partial charge in [-0.25, -0.2) is 12.8 Å². The number of allylic oxidation sites excluding steroid dienone is 1. The lowest BCUT2D eigenvalue weighted by atomic mass is 10.2. The quantitative estimate of drug-likeness (QED) is 0.792. The molecule has 0 aliphatic rings. The molecule has 0 aromatic heterocycles. The summed E-state index contributed by atoms with van der Waals surface area (Å²) in [6.45, 7) is 1.82. The molecule has 0 radical (unpaired) electrons. The second-order valence-corrected chi connectivity index (χ2v) is 6.90. The van der Waals surface area contributed by atoms with Gasteiger partial charge in [0.25, 0.3) is 0 Å². The summed E-state index contributed by atoms with van der Waals surface area (Å²) in [6.07, 6.45) is 0.951. The fourth-order valence-corrected chi connectivity index (χ4v) is 3.15. The van der Waals surface area contributed by atoms with Crippen molar-refractivity contribution in [1.29, 1.82) is 5.26 Å². The highest BCUT2D eigenvalue weighted by molar-refractivity contribution is 7.95. The molecule has 2 aromatic carbocycles.